The van der Waals surface area contributed by atoms with Crippen molar-refractivity contribution in [3.63, 3.8) is 0 Å². The van der Waals surface area contributed by atoms with Gasteiger partial charge in [-0.3, -0.25) is 5.43 Å². The Morgan fingerprint density at radius 2 is 2.26 bits per heavy atom. The van der Waals surface area contributed by atoms with E-state index in [1.54, 1.807) is 0 Å². The number of hydrogen-bond acceptors (Lipinski definition) is 2. The summed E-state index contributed by atoms with van der Waals surface area (Å²) in [7, 11) is 0. The Balaban J connectivity index is 1.86. The van der Waals surface area contributed by atoms with Gasteiger partial charge in [-0.05, 0) is 68.4 Å². The van der Waals surface area contributed by atoms with Gasteiger partial charge in [0.05, 0.1) is 0 Å². The molecule has 0 aliphatic heterocycles. The Hall–Kier alpha value is -1.42. The summed E-state index contributed by atoms with van der Waals surface area (Å²) in [5.74, 6) is 0.743. The van der Waals surface area contributed by atoms with E-state index in [1.807, 2.05) is 12.1 Å². The number of rotatable bonds is 2. The summed E-state index contributed by atoms with van der Waals surface area (Å²) in [4.78, 5) is 0. The monoisotopic (exact) mass is 275 g/mol. The molecule has 1 aromatic carbocycles. The summed E-state index contributed by atoms with van der Waals surface area (Å²) in [5, 5.41) is 8.11. The Kier molecular flexibility index (Phi) is 4.91. The van der Waals surface area contributed by atoms with Gasteiger partial charge in [0, 0.05) is 11.4 Å². The molecule has 1 aliphatic carbocycles. The number of thiocarbonyl (C=S) groups is 1. The Morgan fingerprint density at radius 3 is 3.00 bits per heavy atom. The minimum atomic E-state index is 0.552. The van der Waals surface area contributed by atoms with Crippen LogP contribution >= 0.6 is 12.2 Å². The average molecular weight is 275 g/mol. The Morgan fingerprint density at radius 1 is 1.42 bits per heavy atom. The molecule has 102 valence electrons. The van der Waals surface area contributed by atoms with Gasteiger partial charge >= 0.3 is 0 Å². The van der Waals surface area contributed by atoms with Gasteiger partial charge in [0.1, 0.15) is 0 Å². The molecule has 2 rings (SSSR count). The van der Waals surface area contributed by atoms with E-state index >= 15 is 0 Å². The van der Waals surface area contributed by atoms with Crippen LogP contribution in [0.2, 0.25) is 0 Å². The summed E-state index contributed by atoms with van der Waals surface area (Å²) in [6.07, 6.45) is 4.72. The molecule has 0 amide bonds. The third kappa shape index (κ3) is 4.63. The molecule has 0 bridgehead atoms. The molecule has 0 spiro atoms. The zero-order valence-corrected chi connectivity index (χ0v) is 12.4. The highest BCUT2D eigenvalue weighted by Gasteiger charge is 2.13. The van der Waals surface area contributed by atoms with E-state index in [4.69, 9.17) is 12.2 Å². The van der Waals surface area contributed by atoms with Gasteiger partial charge in [-0.1, -0.05) is 19.1 Å². The molecular weight excluding hydrogens is 254 g/mol. The molecular formula is C15H21N3S. The fraction of sp³-hybridized carbons (Fsp3) is 0.467. The quantitative estimate of drug-likeness (QED) is 0.636. The summed E-state index contributed by atoms with van der Waals surface area (Å²) >= 11 is 5.25. The second-order valence-electron chi connectivity index (χ2n) is 5.31. The second-order valence-corrected chi connectivity index (χ2v) is 5.72. The van der Waals surface area contributed by atoms with E-state index in [9.17, 15) is 0 Å². The van der Waals surface area contributed by atoms with Crippen LogP contribution in [0.5, 0.6) is 0 Å². The SMILES string of the molecule is Cc1cccc(NC(=S)N/N=C2\CCCC(C)C2)c1. The highest BCUT2D eigenvalue weighted by Crippen LogP contribution is 2.20. The first-order valence-corrected chi connectivity index (χ1v) is 7.23. The number of benzene rings is 1. The molecule has 2 N–H and O–H groups in total. The van der Waals surface area contributed by atoms with Crippen molar-refractivity contribution in [1.29, 1.82) is 0 Å². The van der Waals surface area contributed by atoms with Crippen molar-refractivity contribution in [3.8, 4) is 0 Å². The van der Waals surface area contributed by atoms with Crippen molar-refractivity contribution in [1.82, 2.24) is 5.43 Å². The summed E-state index contributed by atoms with van der Waals surface area (Å²) in [5.41, 5.74) is 6.38. The zero-order chi connectivity index (χ0) is 13.7. The topological polar surface area (TPSA) is 36.4 Å². The lowest BCUT2D eigenvalue weighted by atomic mass is 9.89. The van der Waals surface area contributed by atoms with E-state index in [0.29, 0.717) is 5.11 Å². The van der Waals surface area contributed by atoms with Crippen molar-refractivity contribution in [2.75, 3.05) is 5.32 Å². The normalized spacial score (nSPS) is 21.2. The molecule has 1 fully saturated rings. The molecule has 4 heteroatoms. The maximum Gasteiger partial charge on any atom is 0.191 e. The largest absolute Gasteiger partial charge is 0.331 e. The van der Waals surface area contributed by atoms with Gasteiger partial charge in [0.2, 0.25) is 0 Å². The first-order chi connectivity index (χ1) is 9.13. The Bertz CT molecular complexity index is 482. The van der Waals surface area contributed by atoms with Crippen LogP contribution in [0.1, 0.15) is 38.2 Å². The third-order valence-corrected chi connectivity index (χ3v) is 3.53. The predicted molar refractivity (Wildman–Crippen MR) is 85.6 cm³/mol. The van der Waals surface area contributed by atoms with Gasteiger partial charge in [-0.25, -0.2) is 0 Å². The minimum Gasteiger partial charge on any atom is -0.331 e. The van der Waals surface area contributed by atoms with E-state index in [-0.39, 0.29) is 0 Å². The van der Waals surface area contributed by atoms with Crippen molar-refractivity contribution in [3.05, 3.63) is 29.8 Å². The van der Waals surface area contributed by atoms with Crippen LogP contribution in [0.15, 0.2) is 29.4 Å². The number of nitrogens with one attached hydrogen (secondary N) is 2. The fourth-order valence-electron chi connectivity index (χ4n) is 2.37. The Labute approximate surface area is 120 Å². The van der Waals surface area contributed by atoms with E-state index in [2.05, 4.69) is 41.8 Å². The van der Waals surface area contributed by atoms with Crippen LogP contribution in [0, 0.1) is 12.8 Å². The first-order valence-electron chi connectivity index (χ1n) is 6.82. The number of hydrazone groups is 1. The summed E-state index contributed by atoms with van der Waals surface area (Å²) < 4.78 is 0. The van der Waals surface area contributed by atoms with E-state index < -0.39 is 0 Å². The molecule has 3 nitrogen and oxygen atoms in total. The van der Waals surface area contributed by atoms with Crippen LogP contribution in [-0.2, 0) is 0 Å². The number of nitrogens with zero attached hydrogens (tertiary/aromatic N) is 1. The van der Waals surface area contributed by atoms with Crippen molar-refractivity contribution < 1.29 is 0 Å². The van der Waals surface area contributed by atoms with Gasteiger partial charge in [-0.15, -0.1) is 0 Å². The predicted octanol–water partition coefficient (Wildman–Crippen LogP) is 3.85. The molecule has 1 atom stereocenters. The van der Waals surface area contributed by atoms with Crippen LogP contribution in [0.25, 0.3) is 0 Å². The van der Waals surface area contributed by atoms with Crippen LogP contribution in [0.4, 0.5) is 5.69 Å². The lowest BCUT2D eigenvalue weighted by molar-refractivity contribution is 0.498. The first kappa shape index (κ1) is 14.0. The molecule has 1 aliphatic rings. The highest BCUT2D eigenvalue weighted by molar-refractivity contribution is 7.80. The molecule has 0 radical (unpaired) electrons. The summed E-state index contributed by atoms with van der Waals surface area (Å²) in [6, 6.07) is 8.13. The van der Waals surface area contributed by atoms with Gasteiger partial charge in [-0.2, -0.15) is 5.10 Å². The van der Waals surface area contributed by atoms with Crippen molar-refractivity contribution >= 4 is 28.7 Å². The standard InChI is InChI=1S/C15H21N3S/c1-11-5-3-7-13(9-11)16-15(19)18-17-14-8-4-6-12(2)10-14/h3,5,7,9,12H,4,6,8,10H2,1-2H3,(H2,16,18,19)/b17-14+. The van der Waals surface area contributed by atoms with Gasteiger partial charge < -0.3 is 5.32 Å². The molecule has 0 aromatic heterocycles. The minimum absolute atomic E-state index is 0.552. The maximum absolute atomic E-state index is 5.25. The number of aryl methyl sites for hydroxylation is 1. The third-order valence-electron chi connectivity index (χ3n) is 3.34. The van der Waals surface area contributed by atoms with Crippen LogP contribution in [-0.4, -0.2) is 10.8 Å². The van der Waals surface area contributed by atoms with E-state index in [1.165, 1.54) is 24.1 Å². The highest BCUT2D eigenvalue weighted by atomic mass is 32.1. The lowest BCUT2D eigenvalue weighted by Gasteiger charge is -2.19. The summed E-state index contributed by atoms with van der Waals surface area (Å²) in [6.45, 7) is 4.34. The molecule has 0 heterocycles. The fourth-order valence-corrected chi connectivity index (χ4v) is 2.54. The van der Waals surface area contributed by atoms with Gasteiger partial charge in [0.15, 0.2) is 5.11 Å². The van der Waals surface area contributed by atoms with Crippen molar-refractivity contribution in [2.45, 2.75) is 39.5 Å². The molecule has 1 aromatic rings. The van der Waals surface area contributed by atoms with E-state index in [0.717, 1.165) is 24.4 Å². The zero-order valence-electron chi connectivity index (χ0n) is 11.6. The smallest absolute Gasteiger partial charge is 0.191 e. The number of anilines is 1. The average Bonchev–Trinajstić information content (AvgIpc) is 2.36. The second kappa shape index (κ2) is 6.66. The molecule has 1 saturated carbocycles. The maximum atomic E-state index is 5.25. The van der Waals surface area contributed by atoms with Crippen LogP contribution < -0.4 is 10.7 Å². The molecule has 1 unspecified atom stereocenters. The molecule has 19 heavy (non-hydrogen) atoms. The van der Waals surface area contributed by atoms with Crippen molar-refractivity contribution in [2.24, 2.45) is 11.0 Å². The lowest BCUT2D eigenvalue weighted by Crippen LogP contribution is -2.26. The van der Waals surface area contributed by atoms with Gasteiger partial charge in [0.25, 0.3) is 0 Å². The molecule has 0 saturated heterocycles. The van der Waals surface area contributed by atoms with Crippen LogP contribution in [0.3, 0.4) is 0 Å². The number of hydrogen-bond donors (Lipinski definition) is 2.